The molecule has 0 bridgehead atoms. The summed E-state index contributed by atoms with van der Waals surface area (Å²) >= 11 is 0. The van der Waals surface area contributed by atoms with Crippen LogP contribution in [0.25, 0.3) is 0 Å². The minimum absolute atomic E-state index is 0.0759. The van der Waals surface area contributed by atoms with Gasteiger partial charge in [0, 0.05) is 12.0 Å². The van der Waals surface area contributed by atoms with Gasteiger partial charge in [-0.3, -0.25) is 5.32 Å². The Balaban J connectivity index is 1.60. The second-order valence-corrected chi connectivity index (χ2v) is 5.90. The number of urea groups is 1. The number of rotatable bonds is 6. The summed E-state index contributed by atoms with van der Waals surface area (Å²) in [7, 11) is 0. The highest BCUT2D eigenvalue weighted by atomic mass is 19.1. The van der Waals surface area contributed by atoms with E-state index < -0.39 is 12.1 Å². The first-order valence-corrected chi connectivity index (χ1v) is 8.44. The molecule has 1 atom stereocenters. The summed E-state index contributed by atoms with van der Waals surface area (Å²) in [5.74, 6) is -0.367. The lowest BCUT2D eigenvalue weighted by molar-refractivity contribution is 0.247. The fourth-order valence-electron chi connectivity index (χ4n) is 2.61. The van der Waals surface area contributed by atoms with Crippen molar-refractivity contribution in [1.82, 2.24) is 15.5 Å². The number of halogens is 2. The van der Waals surface area contributed by atoms with E-state index in [4.69, 9.17) is 4.52 Å². The molecule has 6 nitrogen and oxygen atoms in total. The predicted octanol–water partition coefficient (Wildman–Crippen LogP) is 4.21. The molecule has 0 aliphatic carbocycles. The summed E-state index contributed by atoms with van der Waals surface area (Å²) in [5, 5.41) is 8.89. The molecule has 3 rings (SSSR count). The lowest BCUT2D eigenvalue weighted by Gasteiger charge is -2.17. The zero-order valence-electron chi connectivity index (χ0n) is 14.6. The molecule has 8 heteroatoms. The van der Waals surface area contributed by atoms with Crippen LogP contribution in [0.15, 0.2) is 53.1 Å². The van der Waals surface area contributed by atoms with Gasteiger partial charge in [-0.05, 0) is 30.2 Å². The highest BCUT2D eigenvalue weighted by molar-refractivity contribution is 5.87. The van der Waals surface area contributed by atoms with Crippen LogP contribution in [-0.4, -0.2) is 16.2 Å². The van der Waals surface area contributed by atoms with Crippen LogP contribution in [0.1, 0.15) is 36.3 Å². The molecule has 0 aliphatic heterocycles. The van der Waals surface area contributed by atoms with Crippen LogP contribution in [0.3, 0.4) is 0 Å². The van der Waals surface area contributed by atoms with Crippen LogP contribution in [0.2, 0.25) is 0 Å². The van der Waals surface area contributed by atoms with Gasteiger partial charge in [-0.15, -0.1) is 0 Å². The van der Waals surface area contributed by atoms with Crippen molar-refractivity contribution in [1.29, 1.82) is 0 Å². The topological polar surface area (TPSA) is 80.0 Å². The monoisotopic (exact) mass is 372 g/mol. The lowest BCUT2D eigenvalue weighted by Crippen LogP contribution is -2.32. The highest BCUT2D eigenvalue weighted by Crippen LogP contribution is 2.20. The molecular formula is C19H18F2N4O2. The Morgan fingerprint density at radius 1 is 1.15 bits per heavy atom. The average Bonchev–Trinajstić information content (AvgIpc) is 3.09. The van der Waals surface area contributed by atoms with Gasteiger partial charge in [0.1, 0.15) is 11.6 Å². The number of carbonyl (C=O) groups excluding carboxylic acids is 1. The van der Waals surface area contributed by atoms with Crippen LogP contribution < -0.4 is 10.6 Å². The zero-order valence-corrected chi connectivity index (χ0v) is 14.6. The molecule has 0 aliphatic rings. The molecule has 27 heavy (non-hydrogen) atoms. The summed E-state index contributed by atoms with van der Waals surface area (Å²) < 4.78 is 31.8. The summed E-state index contributed by atoms with van der Waals surface area (Å²) in [6.07, 6.45) is 0.841. The molecule has 3 aromatic rings. The van der Waals surface area contributed by atoms with Gasteiger partial charge in [0.05, 0.1) is 6.04 Å². The third-order valence-corrected chi connectivity index (χ3v) is 3.96. The van der Waals surface area contributed by atoms with E-state index in [-0.39, 0.29) is 17.6 Å². The summed E-state index contributed by atoms with van der Waals surface area (Å²) in [6, 6.07) is 11.0. The molecule has 1 heterocycles. The smallest absolute Gasteiger partial charge is 0.329 e. The molecule has 2 amide bonds. The molecule has 2 N–H and O–H groups in total. The van der Waals surface area contributed by atoms with E-state index in [1.54, 1.807) is 30.3 Å². The Labute approximate surface area is 154 Å². The van der Waals surface area contributed by atoms with Crippen LogP contribution in [-0.2, 0) is 6.42 Å². The Bertz CT molecular complexity index is 912. The van der Waals surface area contributed by atoms with Gasteiger partial charge in [0.25, 0.3) is 0 Å². The zero-order chi connectivity index (χ0) is 19.2. The average molecular weight is 372 g/mol. The Hall–Kier alpha value is -3.29. The molecule has 140 valence electrons. The van der Waals surface area contributed by atoms with E-state index in [2.05, 4.69) is 20.8 Å². The van der Waals surface area contributed by atoms with Crippen molar-refractivity contribution in [3.63, 3.8) is 0 Å². The van der Waals surface area contributed by atoms with Crippen molar-refractivity contribution in [2.24, 2.45) is 0 Å². The minimum Gasteiger partial charge on any atom is -0.331 e. The van der Waals surface area contributed by atoms with Gasteiger partial charge in [0.2, 0.25) is 0 Å². The highest BCUT2D eigenvalue weighted by Gasteiger charge is 2.17. The van der Waals surface area contributed by atoms with Gasteiger partial charge >= 0.3 is 12.0 Å². The molecule has 0 fully saturated rings. The number of carbonyl (C=O) groups is 1. The Morgan fingerprint density at radius 3 is 2.59 bits per heavy atom. The lowest BCUT2D eigenvalue weighted by atomic mass is 10.0. The van der Waals surface area contributed by atoms with Gasteiger partial charge in [-0.25, -0.2) is 13.6 Å². The SMILES string of the molecule is CC[C@H](NC(=O)Nc1nc(Cc2ccc(F)cc2)no1)c1ccccc1F. The maximum Gasteiger partial charge on any atom is 0.329 e. The number of nitrogens with one attached hydrogen (secondary N) is 2. The summed E-state index contributed by atoms with van der Waals surface area (Å²) in [5.41, 5.74) is 1.21. The summed E-state index contributed by atoms with van der Waals surface area (Å²) in [6.45, 7) is 1.84. The van der Waals surface area contributed by atoms with Crippen LogP contribution in [0, 0.1) is 11.6 Å². The van der Waals surface area contributed by atoms with Gasteiger partial charge in [0.15, 0.2) is 5.82 Å². The van der Waals surface area contributed by atoms with Gasteiger partial charge in [-0.2, -0.15) is 4.98 Å². The number of nitrogens with zero attached hydrogens (tertiary/aromatic N) is 2. The number of hydrogen-bond acceptors (Lipinski definition) is 4. The number of amides is 2. The normalized spacial score (nSPS) is 11.8. The molecule has 1 aromatic heterocycles. The molecule has 2 aromatic carbocycles. The van der Waals surface area contributed by atoms with Crippen molar-refractivity contribution in [3.8, 4) is 0 Å². The molecule has 0 saturated carbocycles. The van der Waals surface area contributed by atoms with E-state index >= 15 is 0 Å². The largest absolute Gasteiger partial charge is 0.331 e. The fraction of sp³-hybridized carbons (Fsp3) is 0.211. The number of hydrogen-bond donors (Lipinski definition) is 2. The second-order valence-electron chi connectivity index (χ2n) is 5.90. The van der Waals surface area contributed by atoms with Crippen molar-refractivity contribution in [2.75, 3.05) is 5.32 Å². The van der Waals surface area contributed by atoms with Gasteiger partial charge < -0.3 is 9.84 Å². The van der Waals surface area contributed by atoms with E-state index in [0.717, 1.165) is 5.56 Å². The van der Waals surface area contributed by atoms with Crippen LogP contribution in [0.4, 0.5) is 19.6 Å². The molecule has 0 radical (unpaired) electrons. The fourth-order valence-corrected chi connectivity index (χ4v) is 2.61. The van der Waals surface area contributed by atoms with Gasteiger partial charge in [-0.1, -0.05) is 42.4 Å². The molecule has 0 unspecified atom stereocenters. The minimum atomic E-state index is -0.581. The third-order valence-electron chi connectivity index (χ3n) is 3.96. The Morgan fingerprint density at radius 2 is 1.89 bits per heavy atom. The van der Waals surface area contributed by atoms with Crippen molar-refractivity contribution < 1.29 is 18.1 Å². The maximum absolute atomic E-state index is 13.9. The predicted molar refractivity (Wildman–Crippen MR) is 95.1 cm³/mol. The quantitative estimate of drug-likeness (QED) is 0.679. The second kappa shape index (κ2) is 8.39. The van der Waals surface area contributed by atoms with E-state index in [1.807, 2.05) is 6.92 Å². The van der Waals surface area contributed by atoms with Crippen molar-refractivity contribution >= 4 is 12.0 Å². The first-order chi connectivity index (χ1) is 13.0. The molecule has 0 spiro atoms. The number of benzene rings is 2. The van der Waals surface area contributed by atoms with E-state index in [9.17, 15) is 13.6 Å². The van der Waals surface area contributed by atoms with Crippen LogP contribution in [0.5, 0.6) is 0 Å². The van der Waals surface area contributed by atoms with Crippen LogP contribution >= 0.6 is 0 Å². The van der Waals surface area contributed by atoms with E-state index in [1.165, 1.54) is 18.2 Å². The maximum atomic E-state index is 13.9. The van der Waals surface area contributed by atoms with Crippen molar-refractivity contribution in [3.05, 3.63) is 77.1 Å². The summed E-state index contributed by atoms with van der Waals surface area (Å²) in [4.78, 5) is 16.2. The molecule has 0 saturated heterocycles. The number of aromatic nitrogens is 2. The standard InChI is InChI=1S/C19H18F2N4O2/c1-2-16(14-5-3-4-6-15(14)21)22-18(26)24-19-23-17(25-27-19)11-12-7-9-13(20)10-8-12/h3-10,16H,2,11H2,1H3,(H2,22,23,24,25,26)/t16-/m0/s1. The molecular weight excluding hydrogens is 354 g/mol. The number of anilines is 1. The Kier molecular flexibility index (Phi) is 5.75. The van der Waals surface area contributed by atoms with E-state index in [0.29, 0.717) is 24.2 Å². The first kappa shape index (κ1) is 18.5. The van der Waals surface area contributed by atoms with Crippen molar-refractivity contribution in [2.45, 2.75) is 25.8 Å². The third kappa shape index (κ3) is 4.87. The first-order valence-electron chi connectivity index (χ1n) is 8.44.